The Morgan fingerprint density at radius 2 is 2.33 bits per heavy atom. The largest absolute Gasteiger partial charge is 0.388 e. The number of nitrogens with zero attached hydrogens (tertiary/aromatic N) is 2. The molecule has 0 radical (unpaired) electrons. The van der Waals surface area contributed by atoms with Crippen LogP contribution in [0.4, 0.5) is 0 Å². The average molecular weight is 211 g/mol. The summed E-state index contributed by atoms with van der Waals surface area (Å²) in [7, 11) is 0. The van der Waals surface area contributed by atoms with Crippen LogP contribution in [0.25, 0.3) is 0 Å². The highest BCUT2D eigenvalue weighted by atomic mass is 16.5. The summed E-state index contributed by atoms with van der Waals surface area (Å²) in [6.45, 7) is 1.85. The van der Waals surface area contributed by atoms with E-state index in [1.807, 2.05) is 0 Å². The van der Waals surface area contributed by atoms with Gasteiger partial charge in [0, 0.05) is 13.0 Å². The lowest BCUT2D eigenvalue weighted by Gasteiger charge is -2.17. The molecule has 1 aliphatic rings. The number of rotatable bonds is 5. The predicted octanol–water partition coefficient (Wildman–Crippen LogP) is 0.274. The number of hydrogen-bond acceptors (Lipinski definition) is 5. The van der Waals surface area contributed by atoms with Gasteiger partial charge in [0.05, 0.1) is 12.0 Å². The Bertz CT molecular complexity index is 331. The smallest absolute Gasteiger partial charge is 0.229 e. The third-order valence-corrected chi connectivity index (χ3v) is 2.65. The zero-order valence-corrected chi connectivity index (χ0v) is 8.94. The van der Waals surface area contributed by atoms with Gasteiger partial charge in [-0.1, -0.05) is 5.16 Å². The van der Waals surface area contributed by atoms with E-state index in [1.165, 1.54) is 12.8 Å². The molecular weight excluding hydrogens is 194 g/mol. The summed E-state index contributed by atoms with van der Waals surface area (Å²) >= 11 is 0. The number of nitrogens with two attached hydrogens (primary N) is 1. The van der Waals surface area contributed by atoms with Crippen LogP contribution < -0.4 is 5.73 Å². The van der Waals surface area contributed by atoms with Crippen molar-refractivity contribution in [1.29, 1.82) is 0 Å². The van der Waals surface area contributed by atoms with Crippen molar-refractivity contribution in [3.05, 3.63) is 11.7 Å². The predicted molar refractivity (Wildman–Crippen MR) is 54.1 cm³/mol. The standard InChI is InChI=1S/C10H17N3O2/c1-10(14,6-11)5-9-12-8(13-15-9)4-7-2-3-7/h7,14H,2-6,11H2,1H3. The molecular formula is C10H17N3O2. The van der Waals surface area contributed by atoms with Crippen LogP contribution in [0.5, 0.6) is 0 Å². The van der Waals surface area contributed by atoms with Crippen molar-refractivity contribution in [2.45, 2.75) is 38.2 Å². The Balaban J connectivity index is 1.93. The second-order valence-electron chi connectivity index (χ2n) is 4.63. The number of aliphatic hydroxyl groups is 1. The Labute approximate surface area is 88.7 Å². The number of hydrogen-bond donors (Lipinski definition) is 2. The second kappa shape index (κ2) is 3.90. The molecule has 1 heterocycles. The maximum absolute atomic E-state index is 9.73. The summed E-state index contributed by atoms with van der Waals surface area (Å²) in [6.07, 6.45) is 3.75. The second-order valence-corrected chi connectivity index (χ2v) is 4.63. The van der Waals surface area contributed by atoms with Crippen molar-refractivity contribution in [3.8, 4) is 0 Å². The van der Waals surface area contributed by atoms with E-state index in [4.69, 9.17) is 10.3 Å². The first-order valence-electron chi connectivity index (χ1n) is 5.33. The molecule has 5 heteroatoms. The highest BCUT2D eigenvalue weighted by molar-refractivity contribution is 4.95. The van der Waals surface area contributed by atoms with Gasteiger partial charge in [0.15, 0.2) is 5.82 Å². The van der Waals surface area contributed by atoms with Gasteiger partial charge >= 0.3 is 0 Å². The van der Waals surface area contributed by atoms with Gasteiger partial charge < -0.3 is 15.4 Å². The molecule has 1 atom stereocenters. The number of aromatic nitrogens is 2. The van der Waals surface area contributed by atoms with Crippen LogP contribution in [0, 0.1) is 5.92 Å². The summed E-state index contributed by atoms with van der Waals surface area (Å²) in [5.74, 6) is 1.96. The lowest BCUT2D eigenvalue weighted by atomic mass is 10.0. The Kier molecular flexibility index (Phi) is 2.75. The molecule has 1 aromatic rings. The molecule has 3 N–H and O–H groups in total. The van der Waals surface area contributed by atoms with Crippen molar-refractivity contribution < 1.29 is 9.63 Å². The molecule has 1 fully saturated rings. The monoisotopic (exact) mass is 211 g/mol. The summed E-state index contributed by atoms with van der Waals surface area (Å²) in [5, 5.41) is 13.6. The van der Waals surface area contributed by atoms with Gasteiger partial charge in [0.25, 0.3) is 0 Å². The topological polar surface area (TPSA) is 85.2 Å². The molecule has 1 saturated carbocycles. The summed E-state index contributed by atoms with van der Waals surface area (Å²) < 4.78 is 5.05. The molecule has 5 nitrogen and oxygen atoms in total. The Morgan fingerprint density at radius 1 is 1.60 bits per heavy atom. The van der Waals surface area contributed by atoms with Gasteiger partial charge in [-0.15, -0.1) is 0 Å². The van der Waals surface area contributed by atoms with Crippen LogP contribution in [0.15, 0.2) is 4.52 Å². The molecule has 0 aliphatic heterocycles. The fourth-order valence-electron chi connectivity index (χ4n) is 1.42. The van der Waals surface area contributed by atoms with Crippen molar-refractivity contribution in [3.63, 3.8) is 0 Å². The maximum atomic E-state index is 9.73. The van der Waals surface area contributed by atoms with E-state index >= 15 is 0 Å². The van der Waals surface area contributed by atoms with Crippen LogP contribution in [-0.2, 0) is 12.8 Å². The quantitative estimate of drug-likeness (QED) is 0.730. The zero-order chi connectivity index (χ0) is 10.9. The molecule has 0 bridgehead atoms. The molecule has 2 rings (SSSR count). The van der Waals surface area contributed by atoms with Gasteiger partial charge in [0.2, 0.25) is 5.89 Å². The molecule has 1 unspecified atom stereocenters. The summed E-state index contributed by atoms with van der Waals surface area (Å²) in [4.78, 5) is 4.23. The van der Waals surface area contributed by atoms with Crippen LogP contribution in [0.3, 0.4) is 0 Å². The minimum absolute atomic E-state index is 0.188. The van der Waals surface area contributed by atoms with E-state index in [2.05, 4.69) is 10.1 Å². The van der Waals surface area contributed by atoms with Gasteiger partial charge in [-0.2, -0.15) is 4.98 Å². The van der Waals surface area contributed by atoms with Crippen molar-refractivity contribution >= 4 is 0 Å². The normalized spacial score (nSPS) is 20.2. The molecule has 0 aromatic carbocycles. The van der Waals surface area contributed by atoms with E-state index in [1.54, 1.807) is 6.92 Å². The van der Waals surface area contributed by atoms with Crippen molar-refractivity contribution in [2.75, 3.05) is 6.54 Å². The SMILES string of the molecule is CC(O)(CN)Cc1nc(CC2CC2)no1. The molecule has 1 aromatic heterocycles. The lowest BCUT2D eigenvalue weighted by Crippen LogP contribution is -2.36. The fourth-order valence-corrected chi connectivity index (χ4v) is 1.42. The molecule has 1 aliphatic carbocycles. The van der Waals surface area contributed by atoms with E-state index in [0.717, 1.165) is 18.2 Å². The molecule has 0 amide bonds. The van der Waals surface area contributed by atoms with Gasteiger partial charge in [-0.05, 0) is 25.7 Å². The van der Waals surface area contributed by atoms with E-state index in [-0.39, 0.29) is 6.54 Å². The summed E-state index contributed by atoms with van der Waals surface area (Å²) in [6, 6.07) is 0. The van der Waals surface area contributed by atoms with Crippen LogP contribution in [0.1, 0.15) is 31.5 Å². The van der Waals surface area contributed by atoms with E-state index < -0.39 is 5.60 Å². The molecule has 15 heavy (non-hydrogen) atoms. The lowest BCUT2D eigenvalue weighted by molar-refractivity contribution is 0.0610. The molecule has 84 valence electrons. The fraction of sp³-hybridized carbons (Fsp3) is 0.800. The Hall–Kier alpha value is -0.940. The average Bonchev–Trinajstić information content (AvgIpc) is 2.88. The maximum Gasteiger partial charge on any atom is 0.229 e. The zero-order valence-electron chi connectivity index (χ0n) is 8.94. The van der Waals surface area contributed by atoms with E-state index in [9.17, 15) is 5.11 Å². The van der Waals surface area contributed by atoms with Crippen LogP contribution in [0.2, 0.25) is 0 Å². The van der Waals surface area contributed by atoms with Crippen LogP contribution in [-0.4, -0.2) is 27.4 Å². The van der Waals surface area contributed by atoms with Gasteiger partial charge in [-0.25, -0.2) is 0 Å². The minimum Gasteiger partial charge on any atom is -0.388 e. The van der Waals surface area contributed by atoms with Crippen molar-refractivity contribution in [2.24, 2.45) is 11.7 Å². The Morgan fingerprint density at radius 3 is 2.93 bits per heavy atom. The van der Waals surface area contributed by atoms with E-state index in [0.29, 0.717) is 12.3 Å². The first-order chi connectivity index (χ1) is 7.09. The first kappa shape index (κ1) is 10.6. The highest BCUT2D eigenvalue weighted by Gasteiger charge is 2.26. The van der Waals surface area contributed by atoms with Crippen LogP contribution >= 0.6 is 0 Å². The van der Waals surface area contributed by atoms with Gasteiger partial charge in [-0.3, -0.25) is 0 Å². The third kappa shape index (κ3) is 3.00. The van der Waals surface area contributed by atoms with Crippen molar-refractivity contribution in [1.82, 2.24) is 10.1 Å². The minimum atomic E-state index is -0.955. The molecule has 0 spiro atoms. The molecule has 0 saturated heterocycles. The highest BCUT2D eigenvalue weighted by Crippen LogP contribution is 2.31. The van der Waals surface area contributed by atoms with Gasteiger partial charge in [0.1, 0.15) is 0 Å². The first-order valence-corrected chi connectivity index (χ1v) is 5.33. The third-order valence-electron chi connectivity index (χ3n) is 2.65. The summed E-state index contributed by atoms with van der Waals surface area (Å²) in [5.41, 5.74) is 4.46.